The average molecular weight is 392 g/mol. The Morgan fingerprint density at radius 3 is 2.54 bits per heavy atom. The molecule has 6 heteroatoms. The van der Waals surface area contributed by atoms with Gasteiger partial charge in [0.1, 0.15) is 5.82 Å². The van der Waals surface area contributed by atoms with Crippen molar-refractivity contribution in [1.29, 1.82) is 0 Å². The van der Waals surface area contributed by atoms with Crippen molar-refractivity contribution >= 4 is 34.2 Å². The molecule has 0 aliphatic carbocycles. The zero-order valence-corrected chi connectivity index (χ0v) is 17.5. The van der Waals surface area contributed by atoms with Crippen LogP contribution in [0.15, 0.2) is 72.1 Å². The summed E-state index contributed by atoms with van der Waals surface area (Å²) in [6.07, 6.45) is 5.71. The Balaban J connectivity index is 0.00000109. The Morgan fingerprint density at radius 2 is 1.79 bits per heavy atom. The van der Waals surface area contributed by atoms with Crippen molar-refractivity contribution < 1.29 is 0 Å². The maximum atomic E-state index is 4.61. The molecule has 0 saturated heterocycles. The first-order valence-corrected chi connectivity index (χ1v) is 10.6. The van der Waals surface area contributed by atoms with Gasteiger partial charge < -0.3 is 4.90 Å². The molecule has 4 rings (SSSR count). The standard InChI is InChI=1S/C20H19N5S.C2H6/c1-24(19-11-12-21-20(23-19)26-2)17-9-6-10-18-16(17)13-22-25(18)14-15-7-4-3-5-8-15;1-2/h3-13H,14H2,1-2H3;1-2H3. The zero-order chi connectivity index (χ0) is 19.9. The highest BCUT2D eigenvalue weighted by molar-refractivity contribution is 7.98. The lowest BCUT2D eigenvalue weighted by molar-refractivity contribution is 0.712. The van der Waals surface area contributed by atoms with Crippen LogP contribution in [0, 0.1) is 0 Å². The minimum atomic E-state index is 0.752. The van der Waals surface area contributed by atoms with Gasteiger partial charge in [0.25, 0.3) is 0 Å². The Labute approximate surface area is 170 Å². The third-order valence-corrected chi connectivity index (χ3v) is 4.91. The Hall–Kier alpha value is -2.86. The van der Waals surface area contributed by atoms with Crippen molar-refractivity contribution in [3.63, 3.8) is 0 Å². The van der Waals surface area contributed by atoms with E-state index in [1.807, 2.05) is 50.2 Å². The summed E-state index contributed by atoms with van der Waals surface area (Å²) in [5.41, 5.74) is 3.42. The molecule has 0 N–H and O–H groups in total. The summed E-state index contributed by atoms with van der Waals surface area (Å²) in [6.45, 7) is 4.75. The summed E-state index contributed by atoms with van der Waals surface area (Å²) in [7, 11) is 2.02. The third-order valence-electron chi connectivity index (χ3n) is 4.35. The van der Waals surface area contributed by atoms with Gasteiger partial charge in [-0.2, -0.15) is 5.10 Å². The maximum Gasteiger partial charge on any atom is 0.189 e. The lowest BCUT2D eigenvalue weighted by Crippen LogP contribution is -2.12. The topological polar surface area (TPSA) is 46.8 Å². The minimum Gasteiger partial charge on any atom is -0.329 e. The highest BCUT2D eigenvalue weighted by atomic mass is 32.2. The van der Waals surface area contributed by atoms with Crippen LogP contribution in [0.4, 0.5) is 11.5 Å². The van der Waals surface area contributed by atoms with E-state index in [0.717, 1.165) is 34.1 Å². The molecular weight excluding hydrogens is 366 g/mol. The van der Waals surface area contributed by atoms with E-state index >= 15 is 0 Å². The van der Waals surface area contributed by atoms with Crippen LogP contribution in [-0.2, 0) is 6.54 Å². The van der Waals surface area contributed by atoms with Crippen molar-refractivity contribution in [3.8, 4) is 0 Å². The van der Waals surface area contributed by atoms with Crippen molar-refractivity contribution in [1.82, 2.24) is 19.7 Å². The number of hydrogen-bond donors (Lipinski definition) is 0. The zero-order valence-electron chi connectivity index (χ0n) is 16.7. The molecule has 0 fully saturated rings. The second-order valence-corrected chi connectivity index (χ2v) is 6.73. The Kier molecular flexibility index (Phi) is 6.66. The molecule has 0 saturated carbocycles. The van der Waals surface area contributed by atoms with E-state index in [9.17, 15) is 0 Å². The SMILES string of the molecule is CC.CSc1nccc(N(C)c2cccc3c2cnn3Cc2ccccc2)n1. The van der Waals surface area contributed by atoms with E-state index in [1.165, 1.54) is 17.3 Å². The molecule has 28 heavy (non-hydrogen) atoms. The van der Waals surface area contributed by atoms with Gasteiger partial charge in [0.15, 0.2) is 5.16 Å². The second-order valence-electron chi connectivity index (χ2n) is 5.96. The summed E-state index contributed by atoms with van der Waals surface area (Å²) in [5.74, 6) is 0.868. The predicted octanol–water partition coefficient (Wildman–Crippen LogP) is 5.39. The molecule has 2 aromatic carbocycles. The summed E-state index contributed by atoms with van der Waals surface area (Å²) >= 11 is 1.54. The van der Waals surface area contributed by atoms with Gasteiger partial charge in [-0.15, -0.1) is 0 Å². The van der Waals surface area contributed by atoms with Gasteiger partial charge in [-0.05, 0) is 30.0 Å². The van der Waals surface area contributed by atoms with Gasteiger partial charge >= 0.3 is 0 Å². The van der Waals surface area contributed by atoms with E-state index in [0.29, 0.717) is 0 Å². The van der Waals surface area contributed by atoms with Crippen molar-refractivity contribution in [2.24, 2.45) is 0 Å². The third kappa shape index (κ3) is 4.17. The van der Waals surface area contributed by atoms with E-state index in [2.05, 4.69) is 62.4 Å². The van der Waals surface area contributed by atoms with Crippen LogP contribution in [0.5, 0.6) is 0 Å². The van der Waals surface area contributed by atoms with Gasteiger partial charge in [0, 0.05) is 18.6 Å². The molecule has 0 bridgehead atoms. The summed E-state index contributed by atoms with van der Waals surface area (Å²) < 4.78 is 2.04. The fraction of sp³-hybridized carbons (Fsp3) is 0.227. The number of rotatable bonds is 5. The highest BCUT2D eigenvalue weighted by Gasteiger charge is 2.13. The van der Waals surface area contributed by atoms with Crippen LogP contribution in [0.1, 0.15) is 19.4 Å². The van der Waals surface area contributed by atoms with E-state index in [1.54, 1.807) is 6.20 Å². The minimum absolute atomic E-state index is 0.752. The predicted molar refractivity (Wildman–Crippen MR) is 119 cm³/mol. The van der Waals surface area contributed by atoms with Crippen LogP contribution in [-0.4, -0.2) is 33.1 Å². The normalized spacial score (nSPS) is 10.4. The fourth-order valence-corrected chi connectivity index (χ4v) is 3.35. The molecule has 2 aromatic heterocycles. The number of fused-ring (bicyclic) bond motifs is 1. The monoisotopic (exact) mass is 391 g/mol. The number of anilines is 2. The number of nitrogens with zero attached hydrogens (tertiary/aromatic N) is 5. The van der Waals surface area contributed by atoms with Crippen molar-refractivity contribution in [3.05, 3.63) is 72.6 Å². The highest BCUT2D eigenvalue weighted by Crippen LogP contribution is 2.30. The van der Waals surface area contributed by atoms with Crippen LogP contribution in [0.25, 0.3) is 10.9 Å². The van der Waals surface area contributed by atoms with Crippen molar-refractivity contribution in [2.75, 3.05) is 18.2 Å². The van der Waals surface area contributed by atoms with Gasteiger partial charge in [-0.3, -0.25) is 4.68 Å². The van der Waals surface area contributed by atoms with E-state index < -0.39 is 0 Å². The van der Waals surface area contributed by atoms with Crippen molar-refractivity contribution in [2.45, 2.75) is 25.5 Å². The summed E-state index contributed by atoms with van der Waals surface area (Å²) in [5, 5.41) is 6.49. The molecule has 0 amide bonds. The van der Waals surface area contributed by atoms with Crippen LogP contribution in [0.2, 0.25) is 0 Å². The van der Waals surface area contributed by atoms with E-state index in [4.69, 9.17) is 0 Å². The largest absolute Gasteiger partial charge is 0.329 e. The number of hydrogen-bond acceptors (Lipinski definition) is 5. The lowest BCUT2D eigenvalue weighted by atomic mass is 10.2. The lowest BCUT2D eigenvalue weighted by Gasteiger charge is -2.19. The van der Waals surface area contributed by atoms with Gasteiger partial charge in [0.2, 0.25) is 0 Å². The number of benzene rings is 2. The first-order chi connectivity index (χ1) is 13.8. The first kappa shape index (κ1) is 19.9. The Morgan fingerprint density at radius 1 is 1.00 bits per heavy atom. The smallest absolute Gasteiger partial charge is 0.189 e. The van der Waals surface area contributed by atoms with Crippen LogP contribution in [0.3, 0.4) is 0 Å². The molecule has 0 aliphatic rings. The summed E-state index contributed by atoms with van der Waals surface area (Å²) in [4.78, 5) is 10.9. The quantitative estimate of drug-likeness (QED) is 0.337. The molecule has 0 aliphatic heterocycles. The van der Waals surface area contributed by atoms with Crippen LogP contribution >= 0.6 is 11.8 Å². The molecule has 0 spiro atoms. The summed E-state index contributed by atoms with van der Waals surface area (Å²) in [6, 6.07) is 18.6. The molecule has 2 heterocycles. The fourth-order valence-electron chi connectivity index (χ4n) is 3.00. The number of aromatic nitrogens is 4. The first-order valence-electron chi connectivity index (χ1n) is 9.35. The van der Waals surface area contributed by atoms with Crippen LogP contribution < -0.4 is 4.90 Å². The van der Waals surface area contributed by atoms with Gasteiger partial charge in [-0.1, -0.05) is 62.0 Å². The maximum absolute atomic E-state index is 4.61. The molecule has 5 nitrogen and oxygen atoms in total. The Bertz CT molecular complexity index is 1030. The molecular formula is C22H25N5S. The van der Waals surface area contributed by atoms with Gasteiger partial charge in [-0.25, -0.2) is 9.97 Å². The molecule has 144 valence electrons. The number of thioether (sulfide) groups is 1. The van der Waals surface area contributed by atoms with Gasteiger partial charge in [0.05, 0.1) is 23.9 Å². The molecule has 0 unspecified atom stereocenters. The average Bonchev–Trinajstić information content (AvgIpc) is 3.18. The van der Waals surface area contributed by atoms with E-state index in [-0.39, 0.29) is 0 Å². The molecule has 0 atom stereocenters. The second kappa shape index (κ2) is 9.37. The molecule has 0 radical (unpaired) electrons. The molecule has 4 aromatic rings.